The van der Waals surface area contributed by atoms with Crippen molar-refractivity contribution in [2.45, 2.75) is 90.9 Å². The Morgan fingerprint density at radius 1 is 0.529 bits per heavy atom. The van der Waals surface area contributed by atoms with Gasteiger partial charge in [0.1, 0.15) is 11.6 Å². The molecule has 0 N–H and O–H groups in total. The number of aryl methyl sites for hydroxylation is 5. The zero-order valence-electron chi connectivity index (χ0n) is 50.7. The van der Waals surface area contributed by atoms with Crippen LogP contribution in [0, 0.1) is 39.3 Å². The molecule has 4 aliphatic rings. The minimum absolute atomic E-state index is 0.281. The van der Waals surface area contributed by atoms with Gasteiger partial charge in [-0.15, -0.1) is 15.8 Å². The van der Waals surface area contributed by atoms with Gasteiger partial charge in [0.25, 0.3) is 0 Å². The van der Waals surface area contributed by atoms with Crippen molar-refractivity contribution in [2.75, 3.05) is 9.80 Å². The molecular weight excluding hydrogens is 1080 g/mol. The number of halogens is 2. The summed E-state index contributed by atoms with van der Waals surface area (Å²) in [5.41, 5.74) is 26.6. The standard InChI is InChI=1S/C82H73F2N2P/c1-8-11-12-20-60(10-3)81(72-49-53(4)29-31-55(72)6)70-23-15-13-21-66(70)68-47-45-64(51-74(68)81)85(78-27-18-17-25-76(78)83)62-41-35-58(36-42-62)59-37-43-63(44-38-59)86(80-77(84)26-19-28-79(80)87)65-46-48-69-67-22-14-16-24-71(67)82(75(69)52-65,61-39-33-57(9-2)34-40-61)73-50-54(5)30-32-56(73)7/h8,10,12-35,37,39-41,43,45-52H,1,9,11,36,38,42,44,87H2,2-7H3/b20-12-,60-10+. The van der Waals surface area contributed by atoms with Crippen LogP contribution in [-0.2, 0) is 17.3 Å². The topological polar surface area (TPSA) is 6.48 Å². The van der Waals surface area contributed by atoms with Crippen LogP contribution < -0.4 is 15.1 Å². The molecular formula is C82H73F2N2P. The zero-order chi connectivity index (χ0) is 60.1. The van der Waals surface area contributed by atoms with Crippen molar-refractivity contribution < 1.29 is 8.78 Å². The largest absolute Gasteiger partial charge is 0.311 e. The second kappa shape index (κ2) is 23.4. The van der Waals surface area contributed by atoms with E-state index in [1.807, 2.05) is 24.3 Å². The maximum absolute atomic E-state index is 16.9. The molecule has 9 aromatic rings. The van der Waals surface area contributed by atoms with Gasteiger partial charge >= 0.3 is 0 Å². The summed E-state index contributed by atoms with van der Waals surface area (Å²) in [6.07, 6.45) is 22.2. The van der Waals surface area contributed by atoms with E-state index in [2.05, 4.69) is 255 Å². The average molecular weight is 1160 g/mol. The number of fused-ring (bicyclic) bond motifs is 6. The first-order valence-electron chi connectivity index (χ1n) is 30.8. The number of rotatable bonds is 15. The Labute approximate surface area is 515 Å². The zero-order valence-corrected chi connectivity index (χ0v) is 51.8. The fourth-order valence-electron chi connectivity index (χ4n) is 14.8. The summed E-state index contributed by atoms with van der Waals surface area (Å²) in [5.74, 6) is -0.564. The molecule has 0 spiro atoms. The first-order valence-corrected chi connectivity index (χ1v) is 31.3. The molecule has 3 atom stereocenters. The number of anilines is 4. The van der Waals surface area contributed by atoms with E-state index >= 15 is 8.78 Å². The first kappa shape index (κ1) is 57.1. The van der Waals surface area contributed by atoms with Gasteiger partial charge in [-0.3, -0.25) is 0 Å². The highest BCUT2D eigenvalue weighted by atomic mass is 31.0. The lowest BCUT2D eigenvalue weighted by atomic mass is 9.65. The maximum atomic E-state index is 16.9. The number of para-hydroxylation sites is 2. The van der Waals surface area contributed by atoms with Crippen molar-refractivity contribution in [3.63, 3.8) is 0 Å². The van der Waals surface area contributed by atoms with E-state index < -0.39 is 10.8 Å². The van der Waals surface area contributed by atoms with E-state index in [0.717, 1.165) is 53.8 Å². The van der Waals surface area contributed by atoms with Crippen LogP contribution in [-0.4, -0.2) is 0 Å². The number of hydrogen-bond acceptors (Lipinski definition) is 2. The molecule has 4 aliphatic carbocycles. The van der Waals surface area contributed by atoms with Gasteiger partial charge in [0.15, 0.2) is 0 Å². The lowest BCUT2D eigenvalue weighted by molar-refractivity contribution is 0.626. The Morgan fingerprint density at radius 2 is 1.09 bits per heavy atom. The van der Waals surface area contributed by atoms with Gasteiger partial charge in [-0.25, -0.2) is 8.78 Å². The molecule has 13 rings (SSSR count). The molecule has 9 aromatic carbocycles. The lowest BCUT2D eigenvalue weighted by Crippen LogP contribution is -2.30. The quantitative estimate of drug-likeness (QED) is 0.0573. The summed E-state index contributed by atoms with van der Waals surface area (Å²) in [5, 5.41) is 0.781. The van der Waals surface area contributed by atoms with Crippen molar-refractivity contribution in [3.05, 3.63) is 350 Å². The van der Waals surface area contributed by atoms with Crippen LogP contribution in [0.1, 0.15) is 113 Å². The summed E-state index contributed by atoms with van der Waals surface area (Å²) in [7, 11) is 2.83. The lowest BCUT2D eigenvalue weighted by Gasteiger charge is -2.37. The summed E-state index contributed by atoms with van der Waals surface area (Å²) in [4.78, 5) is 4.31. The molecule has 0 aliphatic heterocycles. The number of benzene rings is 9. The SMILES string of the molecule is C=CC/C=C\C(=C/C)C1(c2cc(C)ccc2C)c2ccccc2-c2ccc(N(C3=CC=C(C4=CC=C(N(c5ccc6c(c5)C(c5ccc(CC)cc5)(c5cc(C)ccc5C)c5ccccc5-6)c5c(F)cccc5P)CC4)CC3)c3ccccc3F)cc21. The van der Waals surface area contributed by atoms with Crippen LogP contribution in [0.3, 0.4) is 0 Å². The van der Waals surface area contributed by atoms with Gasteiger partial charge in [-0.2, -0.15) is 0 Å². The van der Waals surface area contributed by atoms with E-state index in [-0.39, 0.29) is 11.6 Å². The minimum atomic E-state index is -0.656. The second-order valence-electron chi connectivity index (χ2n) is 23.9. The first-order chi connectivity index (χ1) is 42.4. The normalized spacial score (nSPS) is 17.6. The highest BCUT2D eigenvalue weighted by Gasteiger charge is 2.49. The summed E-state index contributed by atoms with van der Waals surface area (Å²) < 4.78 is 33.5. The van der Waals surface area contributed by atoms with Gasteiger partial charge < -0.3 is 9.80 Å². The summed E-state index contributed by atoms with van der Waals surface area (Å²) >= 11 is 0. The van der Waals surface area contributed by atoms with Crippen LogP contribution >= 0.6 is 9.24 Å². The van der Waals surface area contributed by atoms with Crippen LogP contribution in [0.25, 0.3) is 22.3 Å². The van der Waals surface area contributed by atoms with Crippen molar-refractivity contribution in [1.82, 2.24) is 0 Å². The predicted octanol–water partition coefficient (Wildman–Crippen LogP) is 21.2. The molecule has 0 radical (unpaired) electrons. The maximum Gasteiger partial charge on any atom is 0.147 e. The third-order valence-corrected chi connectivity index (χ3v) is 19.3. The molecule has 2 nitrogen and oxygen atoms in total. The van der Waals surface area contributed by atoms with Crippen LogP contribution in [0.2, 0.25) is 0 Å². The number of nitrogens with zero attached hydrogens (tertiary/aromatic N) is 2. The van der Waals surface area contributed by atoms with E-state index in [1.54, 1.807) is 24.3 Å². The van der Waals surface area contributed by atoms with Crippen LogP contribution in [0.15, 0.2) is 271 Å². The van der Waals surface area contributed by atoms with Crippen LogP contribution in [0.4, 0.5) is 31.5 Å². The van der Waals surface area contributed by atoms with Crippen molar-refractivity contribution in [3.8, 4) is 22.3 Å². The van der Waals surface area contributed by atoms with Gasteiger partial charge in [0.2, 0.25) is 0 Å². The van der Waals surface area contributed by atoms with Gasteiger partial charge in [0.05, 0.1) is 22.2 Å². The molecule has 0 heterocycles. The smallest absolute Gasteiger partial charge is 0.147 e. The van der Waals surface area contributed by atoms with Gasteiger partial charge in [0, 0.05) is 22.8 Å². The molecule has 0 amide bonds. The Hall–Kier alpha value is -8.95. The molecule has 0 saturated carbocycles. The monoisotopic (exact) mass is 1150 g/mol. The Balaban J connectivity index is 0.917. The summed E-state index contributed by atoms with van der Waals surface area (Å²) in [6.45, 7) is 17.2. The molecule has 3 unspecified atom stereocenters. The van der Waals surface area contributed by atoms with Crippen molar-refractivity contribution in [1.29, 1.82) is 0 Å². The fraction of sp³-hybridized carbons (Fsp3) is 0.171. The number of hydrogen-bond donors (Lipinski definition) is 0. The molecule has 5 heteroatoms. The Kier molecular flexibility index (Phi) is 15.4. The van der Waals surface area contributed by atoms with E-state index in [4.69, 9.17) is 0 Å². The number of allylic oxidation sites excluding steroid dienone is 13. The van der Waals surface area contributed by atoms with Crippen molar-refractivity contribution >= 4 is 37.3 Å². The fourth-order valence-corrected chi connectivity index (χ4v) is 15.2. The highest BCUT2D eigenvalue weighted by molar-refractivity contribution is 7.28. The van der Waals surface area contributed by atoms with E-state index in [0.29, 0.717) is 24.2 Å². The van der Waals surface area contributed by atoms with E-state index in [1.165, 1.54) is 106 Å². The highest BCUT2D eigenvalue weighted by Crippen LogP contribution is 2.60. The minimum Gasteiger partial charge on any atom is -0.311 e. The summed E-state index contributed by atoms with van der Waals surface area (Å²) in [6, 6.07) is 66.6. The third kappa shape index (κ3) is 9.56. The van der Waals surface area contributed by atoms with Gasteiger partial charge in [-0.1, -0.05) is 200 Å². The Bertz CT molecular complexity index is 4410. The molecule has 430 valence electrons. The third-order valence-electron chi connectivity index (χ3n) is 18.9. The molecule has 0 aromatic heterocycles. The van der Waals surface area contributed by atoms with E-state index in [9.17, 15) is 0 Å². The molecule has 0 fully saturated rings. The average Bonchev–Trinajstić information content (AvgIpc) is 1.58. The predicted molar refractivity (Wildman–Crippen MR) is 365 cm³/mol. The van der Waals surface area contributed by atoms with Crippen molar-refractivity contribution in [2.24, 2.45) is 0 Å². The van der Waals surface area contributed by atoms with Crippen LogP contribution in [0.5, 0.6) is 0 Å². The molecule has 87 heavy (non-hydrogen) atoms. The van der Waals surface area contributed by atoms with Gasteiger partial charge in [-0.05, 0) is 228 Å². The Morgan fingerprint density at radius 3 is 1.72 bits per heavy atom. The second-order valence-corrected chi connectivity index (χ2v) is 24.5. The molecule has 0 bridgehead atoms. The molecule has 0 saturated heterocycles.